The van der Waals surface area contributed by atoms with Gasteiger partial charge in [-0.15, -0.1) is 0 Å². The Morgan fingerprint density at radius 3 is 1.87 bits per heavy atom. The first-order chi connectivity index (χ1) is 22.8. The molecule has 3 aliphatic heterocycles. The Bertz CT molecular complexity index is 1780. The summed E-state index contributed by atoms with van der Waals surface area (Å²) in [7, 11) is 3.06. The summed E-state index contributed by atoms with van der Waals surface area (Å²) in [4.78, 5) is 61.9. The van der Waals surface area contributed by atoms with Crippen molar-refractivity contribution in [3.05, 3.63) is 95.6 Å². The maximum absolute atomic E-state index is 15.0. The lowest BCUT2D eigenvalue weighted by Crippen LogP contribution is -2.70. The van der Waals surface area contributed by atoms with Crippen LogP contribution in [0.2, 0.25) is 0 Å². The Kier molecular flexibility index (Phi) is 8.27. The topological polar surface area (TPSA) is 147 Å². The van der Waals surface area contributed by atoms with Crippen molar-refractivity contribution in [1.29, 1.82) is 10.5 Å². The fourth-order valence-electron chi connectivity index (χ4n) is 7.19. The van der Waals surface area contributed by atoms with Gasteiger partial charge in [0.15, 0.2) is 0 Å². The zero-order valence-corrected chi connectivity index (χ0v) is 25.9. The molecule has 3 aliphatic rings. The number of fused-ring (bicyclic) bond motifs is 3. The van der Waals surface area contributed by atoms with Crippen molar-refractivity contribution in [2.45, 2.75) is 44.1 Å². The third-order valence-electron chi connectivity index (χ3n) is 9.35. The van der Waals surface area contributed by atoms with Crippen LogP contribution >= 0.6 is 0 Å². The molecule has 12 nitrogen and oxygen atoms in total. The summed E-state index contributed by atoms with van der Waals surface area (Å²) in [5, 5.41) is 20.5. The van der Waals surface area contributed by atoms with Crippen LogP contribution in [0.25, 0.3) is 0 Å². The van der Waals surface area contributed by atoms with Gasteiger partial charge in [-0.1, -0.05) is 54.6 Å². The van der Waals surface area contributed by atoms with Gasteiger partial charge in [0.1, 0.15) is 24.1 Å². The highest BCUT2D eigenvalue weighted by molar-refractivity contribution is 6.05. The van der Waals surface area contributed by atoms with Crippen molar-refractivity contribution in [2.24, 2.45) is 5.41 Å². The summed E-state index contributed by atoms with van der Waals surface area (Å²) >= 11 is 0. The van der Waals surface area contributed by atoms with Gasteiger partial charge in [-0.3, -0.25) is 19.4 Å². The fourth-order valence-corrected chi connectivity index (χ4v) is 7.19. The number of nitrogens with zero attached hydrogens (tertiary/aromatic N) is 6. The van der Waals surface area contributed by atoms with Crippen molar-refractivity contribution in [3.63, 3.8) is 0 Å². The number of methoxy groups -OCH3 is 2. The Labute approximate surface area is 271 Å². The van der Waals surface area contributed by atoms with E-state index in [0.29, 0.717) is 22.6 Å². The lowest BCUT2D eigenvalue weighted by molar-refractivity contribution is -0.150. The molecule has 3 aromatic carbocycles. The van der Waals surface area contributed by atoms with E-state index in [-0.39, 0.29) is 25.9 Å². The summed E-state index contributed by atoms with van der Waals surface area (Å²) in [6.45, 7) is -0.608. The second-order valence-corrected chi connectivity index (χ2v) is 11.8. The van der Waals surface area contributed by atoms with Crippen molar-refractivity contribution in [1.82, 2.24) is 19.6 Å². The minimum absolute atomic E-state index is 0.0318. The average Bonchev–Trinajstić information content (AvgIpc) is 3.37. The summed E-state index contributed by atoms with van der Waals surface area (Å²) in [5.74, 6) is 0.105. The Balaban J connectivity index is 1.46. The van der Waals surface area contributed by atoms with E-state index in [2.05, 4.69) is 6.07 Å². The first-order valence-corrected chi connectivity index (χ1v) is 15.1. The van der Waals surface area contributed by atoms with E-state index in [1.807, 2.05) is 36.4 Å². The second kappa shape index (κ2) is 12.5. The number of benzene rings is 3. The highest BCUT2D eigenvalue weighted by Gasteiger charge is 2.72. The number of urea groups is 2. The number of nitriles is 2. The molecule has 0 bridgehead atoms. The van der Waals surface area contributed by atoms with E-state index in [0.717, 1.165) is 15.4 Å². The molecule has 0 aliphatic carbocycles. The van der Waals surface area contributed by atoms with Gasteiger partial charge in [0.25, 0.3) is 0 Å². The van der Waals surface area contributed by atoms with E-state index >= 15 is 0 Å². The van der Waals surface area contributed by atoms with Gasteiger partial charge >= 0.3 is 12.1 Å². The van der Waals surface area contributed by atoms with Gasteiger partial charge in [-0.2, -0.15) is 10.5 Å². The van der Waals surface area contributed by atoms with Crippen molar-refractivity contribution in [2.75, 3.05) is 20.8 Å². The van der Waals surface area contributed by atoms with Crippen LogP contribution in [0.4, 0.5) is 9.59 Å². The van der Waals surface area contributed by atoms with Crippen LogP contribution in [0.3, 0.4) is 0 Å². The molecule has 3 aromatic rings. The standard InChI is InChI=1S/C35H32N6O6/c1-46-26-12-8-24(9-13-26)21-39-30(42)18-29-35(19-23-6-4-3-5-7-23)31(28(20-37)41(29)34(39)45)38(17-16-36)33(44)40(32(35)43)22-25-10-14-27(47-2)15-11-25/h3-15,28-29,31H,17-19,21-22H2,1-2H3. The Morgan fingerprint density at radius 1 is 0.766 bits per heavy atom. The number of hydrogen-bond donors (Lipinski definition) is 0. The summed E-state index contributed by atoms with van der Waals surface area (Å²) < 4.78 is 10.5. The quantitative estimate of drug-likeness (QED) is 0.325. The zero-order valence-electron chi connectivity index (χ0n) is 25.9. The number of imide groups is 2. The first-order valence-electron chi connectivity index (χ1n) is 15.1. The minimum Gasteiger partial charge on any atom is -0.497 e. The van der Waals surface area contributed by atoms with Crippen LogP contribution in [0.5, 0.6) is 11.5 Å². The molecule has 3 saturated heterocycles. The Hall–Kier alpha value is -5.88. The van der Waals surface area contributed by atoms with Gasteiger partial charge in [0, 0.05) is 6.42 Å². The van der Waals surface area contributed by atoms with E-state index in [4.69, 9.17) is 9.47 Å². The molecule has 3 heterocycles. The molecule has 6 amide bonds. The van der Waals surface area contributed by atoms with Gasteiger partial charge < -0.3 is 19.3 Å². The average molecular weight is 633 g/mol. The lowest BCUT2D eigenvalue weighted by Gasteiger charge is -2.50. The first kappa shape index (κ1) is 31.1. The van der Waals surface area contributed by atoms with E-state index in [1.165, 1.54) is 24.0 Å². The summed E-state index contributed by atoms with van der Waals surface area (Å²) in [6, 6.07) is 22.1. The third-order valence-corrected chi connectivity index (χ3v) is 9.35. The Morgan fingerprint density at radius 2 is 1.34 bits per heavy atom. The highest BCUT2D eigenvalue weighted by atomic mass is 16.5. The number of amides is 6. The van der Waals surface area contributed by atoms with Crippen molar-refractivity contribution < 1.29 is 28.7 Å². The molecular formula is C35H32N6O6. The molecule has 0 spiro atoms. The molecular weight excluding hydrogens is 600 g/mol. The second-order valence-electron chi connectivity index (χ2n) is 11.8. The maximum atomic E-state index is 15.0. The molecule has 4 unspecified atom stereocenters. The number of carbonyl (C=O) groups is 4. The van der Waals surface area contributed by atoms with E-state index < -0.39 is 54.0 Å². The monoisotopic (exact) mass is 632 g/mol. The van der Waals surface area contributed by atoms with Crippen LogP contribution in [0.1, 0.15) is 23.1 Å². The van der Waals surface area contributed by atoms with Gasteiger partial charge in [-0.05, 0) is 47.4 Å². The maximum Gasteiger partial charge on any atom is 0.328 e. The highest BCUT2D eigenvalue weighted by Crippen LogP contribution is 2.53. The van der Waals surface area contributed by atoms with Crippen LogP contribution < -0.4 is 9.47 Å². The fraction of sp³-hybridized carbons (Fsp3) is 0.314. The molecule has 3 fully saturated rings. The van der Waals surface area contributed by atoms with Gasteiger partial charge in [-0.25, -0.2) is 9.59 Å². The molecule has 0 radical (unpaired) electrons. The van der Waals surface area contributed by atoms with Crippen molar-refractivity contribution >= 4 is 23.9 Å². The molecule has 6 rings (SSSR count). The third kappa shape index (κ3) is 5.18. The normalized spacial score (nSPS) is 23.6. The van der Waals surface area contributed by atoms with Crippen molar-refractivity contribution in [3.8, 4) is 23.6 Å². The molecule has 47 heavy (non-hydrogen) atoms. The molecule has 0 saturated carbocycles. The summed E-state index contributed by atoms with van der Waals surface area (Å²) in [6.07, 6.45) is -0.218. The lowest BCUT2D eigenvalue weighted by atomic mass is 9.67. The zero-order chi connectivity index (χ0) is 33.3. The molecule has 238 valence electrons. The molecule has 0 aromatic heterocycles. The molecule has 4 atom stereocenters. The number of carbonyl (C=O) groups excluding carboxylic acids is 4. The number of rotatable bonds is 9. The predicted molar refractivity (Wildman–Crippen MR) is 166 cm³/mol. The number of ether oxygens (including phenoxy) is 2. The molecule has 0 N–H and O–H groups in total. The smallest absolute Gasteiger partial charge is 0.328 e. The predicted octanol–water partition coefficient (Wildman–Crippen LogP) is 3.72. The summed E-state index contributed by atoms with van der Waals surface area (Å²) in [5.41, 5.74) is 0.417. The van der Waals surface area contributed by atoms with Crippen LogP contribution in [-0.4, -0.2) is 82.4 Å². The minimum atomic E-state index is -1.60. The molecule has 12 heteroatoms. The van der Waals surface area contributed by atoms with Crippen LogP contribution in [-0.2, 0) is 29.1 Å². The van der Waals surface area contributed by atoms with E-state index in [1.54, 1.807) is 48.5 Å². The SMILES string of the molecule is COc1ccc(CN2C(=O)CC3N(C2=O)C(C#N)C2N(CC#N)C(=O)N(Cc4ccc(OC)cc4)C(=O)C23Cc2ccccc2)cc1. The van der Waals surface area contributed by atoms with Crippen LogP contribution in [0.15, 0.2) is 78.9 Å². The largest absolute Gasteiger partial charge is 0.497 e. The van der Waals surface area contributed by atoms with Gasteiger partial charge in [0.05, 0.1) is 56.9 Å². The van der Waals surface area contributed by atoms with E-state index in [9.17, 15) is 29.7 Å². The van der Waals surface area contributed by atoms with Gasteiger partial charge in [0.2, 0.25) is 11.8 Å². The van der Waals surface area contributed by atoms with Crippen LogP contribution in [0, 0.1) is 28.1 Å². The number of hydrogen-bond acceptors (Lipinski definition) is 8.